The lowest BCUT2D eigenvalue weighted by atomic mass is 10.0. The van der Waals surface area contributed by atoms with Crippen LogP contribution in [0.4, 0.5) is 0 Å². The number of quaternary nitrogens is 1. The van der Waals surface area contributed by atoms with Gasteiger partial charge in [-0.3, -0.25) is 14.2 Å². The summed E-state index contributed by atoms with van der Waals surface area (Å²) in [5, 5.41) is 3.05. The van der Waals surface area contributed by atoms with Crippen molar-refractivity contribution in [1.29, 1.82) is 0 Å². The quantitative estimate of drug-likeness (QED) is 0.0212. The fraction of sp³-hybridized carbons (Fsp3) is 0.825. The lowest BCUT2D eigenvalue weighted by Gasteiger charge is -2.30. The van der Waals surface area contributed by atoms with Gasteiger partial charge in [0.25, 0.3) is 7.82 Å². The highest BCUT2D eigenvalue weighted by Crippen LogP contribution is 2.38. The Labute approximate surface area is 559 Å². The zero-order valence-corrected chi connectivity index (χ0v) is 61.2. The highest BCUT2D eigenvalue weighted by molar-refractivity contribution is 7.45. The van der Waals surface area contributed by atoms with E-state index < -0.39 is 20.0 Å². The molecule has 0 aromatic carbocycles. The van der Waals surface area contributed by atoms with Gasteiger partial charge in [-0.05, 0) is 102 Å². The van der Waals surface area contributed by atoms with Crippen LogP contribution in [0.5, 0.6) is 0 Å². The molecular weight excluding hydrogens is 1130 g/mol. The molecule has 0 rings (SSSR count). The smallest absolute Gasteiger partial charge is 0.306 e. The van der Waals surface area contributed by atoms with Crippen LogP contribution in [-0.2, 0) is 27.9 Å². The zero-order chi connectivity index (χ0) is 65.6. The molecule has 0 fully saturated rings. The van der Waals surface area contributed by atoms with Gasteiger partial charge in [0.05, 0.1) is 33.8 Å². The van der Waals surface area contributed by atoms with Gasteiger partial charge in [0.1, 0.15) is 19.3 Å². The number of likely N-dealkylation sites (N-methyl/N-ethyl adjacent to an activating group) is 1. The van der Waals surface area contributed by atoms with E-state index in [0.29, 0.717) is 17.4 Å². The van der Waals surface area contributed by atoms with Crippen molar-refractivity contribution in [3.63, 3.8) is 0 Å². The minimum Gasteiger partial charge on any atom is -0.756 e. The van der Waals surface area contributed by atoms with Gasteiger partial charge in [-0.25, -0.2) is 0 Å². The number of phosphoric acid groups is 1. The summed E-state index contributed by atoms with van der Waals surface area (Å²) in [4.78, 5) is 40.3. The van der Waals surface area contributed by atoms with Crippen LogP contribution in [0.25, 0.3) is 0 Å². The Morgan fingerprint density at radius 2 is 0.678 bits per heavy atom. The standard InChI is InChI=1S/C80H149N2O7P/c1-7-10-13-16-19-22-25-28-30-32-34-36-38-40-41-43-44-46-48-50-52-54-57-60-63-66-69-72-79(83)81-77(76-88-90(85,86)87-75-74-82(4,5)6)78(71-68-65-62-59-56-27-24-21-18-15-12-9-3)89-80(84)73-70-67-64-61-58-55-53-51-49-47-45-42-39-37-35-33-31-29-26-23-20-17-14-11-8-2/h19-20,22-23,28-31,35,37,68,71,77-78H,7-18,21,24-27,32-34,36,38-67,69-70,72-76H2,1-6H3,(H-,81,83,85,86)/b22-19-,23-20-,30-28-,31-29-,37-35-,71-68+. The van der Waals surface area contributed by atoms with E-state index in [0.717, 1.165) is 77.0 Å². The SMILES string of the molecule is CCCCC/C=C\C/C=C\C/C=C\CCCCCCCCCCCCCCC(=O)OC(/C=C/CCCCCCCCCCCC)C(COP(=O)([O-])OCC[N+](C)(C)C)NC(=O)CCCCCCCCCCCCCCCCCCC/C=C\C/C=C\CCCCC. The van der Waals surface area contributed by atoms with Crippen molar-refractivity contribution >= 4 is 19.7 Å². The molecule has 0 aromatic rings. The van der Waals surface area contributed by atoms with E-state index in [4.69, 9.17) is 13.8 Å². The van der Waals surface area contributed by atoms with Crippen LogP contribution in [0.2, 0.25) is 0 Å². The fourth-order valence-electron chi connectivity index (χ4n) is 11.4. The Kier molecular flexibility index (Phi) is 67.3. The number of carbonyl (C=O) groups is 2. The average Bonchev–Trinajstić information content (AvgIpc) is 3.11. The second-order valence-corrected chi connectivity index (χ2v) is 28.9. The summed E-state index contributed by atoms with van der Waals surface area (Å²) in [6, 6.07) is -0.891. The van der Waals surface area contributed by atoms with Crippen molar-refractivity contribution in [2.75, 3.05) is 40.9 Å². The Bertz CT molecular complexity index is 1770. The molecule has 0 saturated heterocycles. The third kappa shape index (κ3) is 69.8. The number of carbonyl (C=O) groups excluding carboxylic acids is 2. The van der Waals surface area contributed by atoms with Crippen molar-refractivity contribution in [2.45, 2.75) is 386 Å². The summed E-state index contributed by atoms with van der Waals surface area (Å²) in [5.41, 5.74) is 0. The lowest BCUT2D eigenvalue weighted by molar-refractivity contribution is -0.870. The second-order valence-electron chi connectivity index (χ2n) is 27.5. The number of esters is 1. The van der Waals surface area contributed by atoms with Crippen LogP contribution >= 0.6 is 7.82 Å². The van der Waals surface area contributed by atoms with Gasteiger partial charge in [0.2, 0.25) is 5.91 Å². The van der Waals surface area contributed by atoms with Gasteiger partial charge < -0.3 is 28.5 Å². The van der Waals surface area contributed by atoms with E-state index in [2.05, 4.69) is 86.8 Å². The number of hydrogen-bond acceptors (Lipinski definition) is 7. The van der Waals surface area contributed by atoms with E-state index in [1.807, 2.05) is 33.3 Å². The molecule has 9 nitrogen and oxygen atoms in total. The Morgan fingerprint density at radius 1 is 0.389 bits per heavy atom. The summed E-state index contributed by atoms with van der Waals surface area (Å²) >= 11 is 0. The number of nitrogens with one attached hydrogen (secondary N) is 1. The number of phosphoric ester groups is 1. The lowest BCUT2D eigenvalue weighted by Crippen LogP contribution is -2.47. The first-order valence-electron chi connectivity index (χ1n) is 38.7. The summed E-state index contributed by atoms with van der Waals surface area (Å²) in [6.45, 7) is 6.84. The maximum atomic E-state index is 13.6. The average molecular weight is 1280 g/mol. The topological polar surface area (TPSA) is 114 Å². The van der Waals surface area contributed by atoms with E-state index in [1.165, 1.54) is 263 Å². The maximum Gasteiger partial charge on any atom is 0.306 e. The molecule has 10 heteroatoms. The summed E-state index contributed by atoms with van der Waals surface area (Å²) < 4.78 is 30.5. The first-order valence-corrected chi connectivity index (χ1v) is 40.2. The Morgan fingerprint density at radius 3 is 1.03 bits per heavy atom. The molecule has 526 valence electrons. The van der Waals surface area contributed by atoms with E-state index in [-0.39, 0.29) is 31.5 Å². The molecule has 1 amide bonds. The molecule has 0 radical (unpaired) electrons. The van der Waals surface area contributed by atoms with Crippen LogP contribution in [0.15, 0.2) is 72.9 Å². The maximum absolute atomic E-state index is 13.6. The van der Waals surface area contributed by atoms with Crippen molar-refractivity contribution in [3.05, 3.63) is 72.9 Å². The second kappa shape index (κ2) is 69.3. The van der Waals surface area contributed by atoms with Crippen LogP contribution in [0.1, 0.15) is 374 Å². The highest BCUT2D eigenvalue weighted by atomic mass is 31.2. The fourth-order valence-corrected chi connectivity index (χ4v) is 12.1. The van der Waals surface area contributed by atoms with Gasteiger partial charge in [-0.2, -0.15) is 0 Å². The number of nitrogens with zero attached hydrogens (tertiary/aromatic N) is 1. The van der Waals surface area contributed by atoms with E-state index in [1.54, 1.807) is 0 Å². The molecule has 0 aliphatic heterocycles. The highest BCUT2D eigenvalue weighted by Gasteiger charge is 2.27. The normalized spacial score (nSPS) is 13.8. The molecule has 3 atom stereocenters. The molecule has 90 heavy (non-hydrogen) atoms. The molecule has 0 bridgehead atoms. The molecule has 0 aliphatic carbocycles. The van der Waals surface area contributed by atoms with Gasteiger partial charge >= 0.3 is 5.97 Å². The molecule has 0 aliphatic rings. The minimum atomic E-state index is -4.71. The van der Waals surface area contributed by atoms with E-state index >= 15 is 0 Å². The molecule has 3 unspecified atom stereocenters. The van der Waals surface area contributed by atoms with E-state index in [9.17, 15) is 19.0 Å². The molecule has 0 aromatic heterocycles. The van der Waals surface area contributed by atoms with Gasteiger partial charge in [0.15, 0.2) is 0 Å². The third-order valence-corrected chi connectivity index (χ3v) is 18.3. The van der Waals surface area contributed by atoms with Crippen molar-refractivity contribution in [3.8, 4) is 0 Å². The van der Waals surface area contributed by atoms with Crippen LogP contribution in [0.3, 0.4) is 0 Å². The van der Waals surface area contributed by atoms with Crippen LogP contribution in [0, 0.1) is 0 Å². The Balaban J connectivity index is 4.94. The first kappa shape index (κ1) is 87.5. The summed E-state index contributed by atoms with van der Waals surface area (Å²) in [6.07, 6.45) is 91.8. The van der Waals surface area contributed by atoms with Gasteiger partial charge in [0, 0.05) is 12.8 Å². The first-order chi connectivity index (χ1) is 43.9. The molecule has 0 heterocycles. The molecular formula is C80H149N2O7P. The summed E-state index contributed by atoms with van der Waals surface area (Å²) in [5.74, 6) is -0.528. The number of hydrogen-bond donors (Lipinski definition) is 1. The number of ether oxygens (including phenoxy) is 1. The molecule has 1 N–H and O–H groups in total. The number of unbranched alkanes of at least 4 members (excludes halogenated alkanes) is 45. The summed E-state index contributed by atoms with van der Waals surface area (Å²) in [7, 11) is 1.19. The number of rotatable bonds is 71. The number of amides is 1. The van der Waals surface area contributed by atoms with Crippen LogP contribution < -0.4 is 10.2 Å². The third-order valence-electron chi connectivity index (χ3n) is 17.4. The van der Waals surface area contributed by atoms with Crippen LogP contribution in [-0.4, -0.2) is 69.4 Å². The van der Waals surface area contributed by atoms with Crippen molar-refractivity contribution in [2.24, 2.45) is 0 Å². The minimum absolute atomic E-state index is 0.0225. The molecule has 0 spiro atoms. The largest absolute Gasteiger partial charge is 0.756 e. The zero-order valence-electron chi connectivity index (χ0n) is 60.3. The van der Waals surface area contributed by atoms with Crippen molar-refractivity contribution in [1.82, 2.24) is 5.32 Å². The van der Waals surface area contributed by atoms with Gasteiger partial charge in [-0.1, -0.05) is 332 Å². The Hall–Kier alpha value is -2.55. The molecule has 0 saturated carbocycles. The predicted molar refractivity (Wildman–Crippen MR) is 390 cm³/mol. The number of allylic oxidation sites excluding steroid dienone is 11. The van der Waals surface area contributed by atoms with Crippen molar-refractivity contribution < 1.29 is 37.3 Å². The predicted octanol–water partition coefficient (Wildman–Crippen LogP) is 24.4. The van der Waals surface area contributed by atoms with Gasteiger partial charge in [-0.15, -0.1) is 0 Å². The monoisotopic (exact) mass is 1280 g/mol.